The van der Waals surface area contributed by atoms with Crippen LogP contribution in [0, 0.1) is 0 Å². The van der Waals surface area contributed by atoms with Crippen molar-refractivity contribution in [1.82, 2.24) is 10.6 Å². The number of hydrogen-bond acceptors (Lipinski definition) is 5. The molecule has 0 spiro atoms. The number of benzene rings is 1. The fraction of sp³-hybridized carbons (Fsp3) is 0.308. The normalized spacial score (nSPS) is 11.4. The molecule has 8 heteroatoms. The highest BCUT2D eigenvalue weighted by Crippen LogP contribution is 2.25. The summed E-state index contributed by atoms with van der Waals surface area (Å²) in [7, 11) is 1.37. The van der Waals surface area contributed by atoms with E-state index in [4.69, 9.17) is 16.3 Å². The van der Waals surface area contributed by atoms with Crippen molar-refractivity contribution in [3.63, 3.8) is 0 Å². The third-order valence-corrected chi connectivity index (χ3v) is 3.63. The summed E-state index contributed by atoms with van der Waals surface area (Å²) in [6.45, 7) is 1.16. The molecule has 0 aliphatic rings. The molecule has 6 nitrogen and oxygen atoms in total. The standard InChI is InChI=1S/C13H15ClN2O4S/c1-8(21-10-5-3-9(14)4-6-10)12(18)20-7-11(17)16-13(19)15-2/h3-6,8H,7H2,1-2H3,(H2,15,16,17,19)/t8-/m1/s1. The number of urea groups is 1. The molecule has 1 aromatic rings. The van der Waals surface area contributed by atoms with Crippen molar-refractivity contribution in [2.45, 2.75) is 17.1 Å². The molecule has 0 aliphatic carbocycles. The van der Waals surface area contributed by atoms with Gasteiger partial charge < -0.3 is 10.1 Å². The highest BCUT2D eigenvalue weighted by atomic mass is 35.5. The molecule has 0 aromatic heterocycles. The molecule has 114 valence electrons. The van der Waals surface area contributed by atoms with Crippen molar-refractivity contribution < 1.29 is 19.1 Å². The number of halogens is 1. The summed E-state index contributed by atoms with van der Waals surface area (Å²) in [5.74, 6) is -1.23. The Bertz CT molecular complexity index is 521. The number of nitrogens with one attached hydrogen (secondary N) is 2. The van der Waals surface area contributed by atoms with Crippen LogP contribution in [0.25, 0.3) is 0 Å². The molecule has 21 heavy (non-hydrogen) atoms. The van der Waals surface area contributed by atoms with Crippen LogP contribution in [-0.4, -0.2) is 36.8 Å². The van der Waals surface area contributed by atoms with Gasteiger partial charge in [-0.25, -0.2) is 4.79 Å². The Labute approximate surface area is 131 Å². The third kappa shape index (κ3) is 6.50. The summed E-state index contributed by atoms with van der Waals surface area (Å²) in [6.07, 6.45) is 0. The Morgan fingerprint density at radius 1 is 1.29 bits per heavy atom. The predicted molar refractivity (Wildman–Crippen MR) is 80.3 cm³/mol. The number of esters is 1. The van der Waals surface area contributed by atoms with E-state index in [9.17, 15) is 14.4 Å². The van der Waals surface area contributed by atoms with Crippen LogP contribution in [-0.2, 0) is 14.3 Å². The van der Waals surface area contributed by atoms with E-state index in [1.165, 1.54) is 18.8 Å². The molecule has 0 heterocycles. The molecular weight excluding hydrogens is 316 g/mol. The summed E-state index contributed by atoms with van der Waals surface area (Å²) >= 11 is 7.06. The van der Waals surface area contributed by atoms with Crippen LogP contribution in [0.1, 0.15) is 6.92 Å². The predicted octanol–water partition coefficient (Wildman–Crippen LogP) is 1.82. The summed E-state index contributed by atoms with van der Waals surface area (Å²) in [4.78, 5) is 34.7. The van der Waals surface area contributed by atoms with Crippen LogP contribution in [0.15, 0.2) is 29.2 Å². The first-order valence-electron chi connectivity index (χ1n) is 6.02. The van der Waals surface area contributed by atoms with Crippen LogP contribution in [0.3, 0.4) is 0 Å². The molecule has 3 amide bonds. The lowest BCUT2D eigenvalue weighted by Crippen LogP contribution is -2.40. The van der Waals surface area contributed by atoms with E-state index < -0.39 is 29.8 Å². The zero-order valence-electron chi connectivity index (χ0n) is 11.5. The lowest BCUT2D eigenvalue weighted by atomic mass is 10.4. The Morgan fingerprint density at radius 3 is 2.48 bits per heavy atom. The van der Waals surface area contributed by atoms with E-state index in [1.54, 1.807) is 31.2 Å². The topological polar surface area (TPSA) is 84.5 Å². The highest BCUT2D eigenvalue weighted by Gasteiger charge is 2.17. The van der Waals surface area contributed by atoms with Crippen LogP contribution in [0.5, 0.6) is 0 Å². The quantitative estimate of drug-likeness (QED) is 0.635. The van der Waals surface area contributed by atoms with Crippen molar-refractivity contribution in [2.75, 3.05) is 13.7 Å². The minimum atomic E-state index is -0.689. The van der Waals surface area contributed by atoms with E-state index in [0.717, 1.165) is 4.90 Å². The zero-order chi connectivity index (χ0) is 15.8. The number of thioether (sulfide) groups is 1. The molecule has 0 aliphatic heterocycles. The van der Waals surface area contributed by atoms with Gasteiger partial charge in [-0.1, -0.05) is 11.6 Å². The van der Waals surface area contributed by atoms with Crippen molar-refractivity contribution in [2.24, 2.45) is 0 Å². The van der Waals surface area contributed by atoms with E-state index in [1.807, 2.05) is 5.32 Å². The average molecular weight is 331 g/mol. The molecule has 0 unspecified atom stereocenters. The minimum Gasteiger partial charge on any atom is -0.455 e. The maximum atomic E-state index is 11.7. The summed E-state index contributed by atoms with van der Waals surface area (Å²) < 4.78 is 4.83. The number of ether oxygens (including phenoxy) is 1. The molecule has 0 saturated heterocycles. The van der Waals surface area contributed by atoms with Crippen LogP contribution in [0.2, 0.25) is 5.02 Å². The third-order valence-electron chi connectivity index (χ3n) is 2.28. The zero-order valence-corrected chi connectivity index (χ0v) is 13.1. The smallest absolute Gasteiger partial charge is 0.321 e. The second-order valence-electron chi connectivity index (χ2n) is 3.95. The van der Waals surface area contributed by atoms with Gasteiger partial charge in [-0.05, 0) is 31.2 Å². The highest BCUT2D eigenvalue weighted by molar-refractivity contribution is 8.00. The largest absolute Gasteiger partial charge is 0.455 e. The van der Waals surface area contributed by atoms with Gasteiger partial charge in [0.05, 0.1) is 0 Å². The molecule has 1 aromatic carbocycles. The molecular formula is C13H15ClN2O4S. The number of carbonyl (C=O) groups excluding carboxylic acids is 3. The first kappa shape index (κ1) is 17.3. The number of amides is 3. The SMILES string of the molecule is CNC(=O)NC(=O)COC(=O)[C@@H](C)Sc1ccc(Cl)cc1. The van der Waals surface area contributed by atoms with Crippen molar-refractivity contribution >= 4 is 41.3 Å². The van der Waals surface area contributed by atoms with E-state index in [-0.39, 0.29) is 0 Å². The minimum absolute atomic E-state index is 0.487. The van der Waals surface area contributed by atoms with E-state index >= 15 is 0 Å². The van der Waals surface area contributed by atoms with Crippen molar-refractivity contribution in [1.29, 1.82) is 0 Å². The van der Waals surface area contributed by atoms with Gasteiger partial charge in [0.2, 0.25) is 0 Å². The first-order valence-corrected chi connectivity index (χ1v) is 7.28. The van der Waals surface area contributed by atoms with Crippen LogP contribution < -0.4 is 10.6 Å². The van der Waals surface area contributed by atoms with Gasteiger partial charge in [-0.15, -0.1) is 11.8 Å². The van der Waals surface area contributed by atoms with Gasteiger partial charge in [0.25, 0.3) is 5.91 Å². The van der Waals surface area contributed by atoms with Crippen molar-refractivity contribution in [3.05, 3.63) is 29.3 Å². The summed E-state index contributed by atoms with van der Waals surface area (Å²) in [5.41, 5.74) is 0. The molecule has 1 atom stereocenters. The number of hydrogen-bond donors (Lipinski definition) is 2. The lowest BCUT2D eigenvalue weighted by molar-refractivity contribution is -0.147. The molecule has 0 saturated carbocycles. The second kappa shape index (κ2) is 8.53. The van der Waals surface area contributed by atoms with E-state index in [0.29, 0.717) is 5.02 Å². The molecule has 0 radical (unpaired) electrons. The Balaban J connectivity index is 2.39. The maximum absolute atomic E-state index is 11.7. The second-order valence-corrected chi connectivity index (χ2v) is 5.80. The maximum Gasteiger partial charge on any atom is 0.321 e. The van der Waals surface area contributed by atoms with Gasteiger partial charge in [-0.2, -0.15) is 0 Å². The monoisotopic (exact) mass is 330 g/mol. The fourth-order valence-corrected chi connectivity index (χ4v) is 2.24. The van der Waals surface area contributed by atoms with E-state index in [2.05, 4.69) is 5.32 Å². The van der Waals surface area contributed by atoms with Gasteiger partial charge in [-0.3, -0.25) is 14.9 Å². The molecule has 0 bridgehead atoms. The Hall–Kier alpha value is -1.73. The van der Waals surface area contributed by atoms with Gasteiger partial charge >= 0.3 is 12.0 Å². The molecule has 1 rings (SSSR count). The lowest BCUT2D eigenvalue weighted by Gasteiger charge is -2.11. The Kier molecular flexibility index (Phi) is 7.04. The van der Waals surface area contributed by atoms with Crippen molar-refractivity contribution in [3.8, 4) is 0 Å². The van der Waals surface area contributed by atoms with Gasteiger partial charge in [0, 0.05) is 17.0 Å². The fourth-order valence-electron chi connectivity index (χ4n) is 1.24. The average Bonchev–Trinajstić information content (AvgIpc) is 2.46. The number of imide groups is 1. The van der Waals surface area contributed by atoms with Crippen LogP contribution >= 0.6 is 23.4 Å². The molecule has 0 fully saturated rings. The summed E-state index contributed by atoms with van der Waals surface area (Å²) in [5, 5.41) is 4.33. The Morgan fingerprint density at radius 2 is 1.90 bits per heavy atom. The molecule has 2 N–H and O–H groups in total. The van der Waals surface area contributed by atoms with Crippen LogP contribution in [0.4, 0.5) is 4.79 Å². The summed E-state index contributed by atoms with van der Waals surface area (Å²) in [6, 6.07) is 6.36. The van der Waals surface area contributed by atoms with Gasteiger partial charge in [0.1, 0.15) is 5.25 Å². The number of carbonyl (C=O) groups is 3. The van der Waals surface area contributed by atoms with Gasteiger partial charge in [0.15, 0.2) is 6.61 Å². The first-order chi connectivity index (χ1) is 9.92. The number of rotatable bonds is 5.